The predicted molar refractivity (Wildman–Crippen MR) is 106 cm³/mol. The van der Waals surface area contributed by atoms with E-state index < -0.39 is 27.4 Å². The van der Waals surface area contributed by atoms with Crippen molar-refractivity contribution in [2.75, 3.05) is 19.6 Å². The van der Waals surface area contributed by atoms with E-state index in [-0.39, 0.29) is 29.9 Å². The first kappa shape index (κ1) is 23.0. The lowest BCUT2D eigenvalue weighted by Crippen LogP contribution is -2.59. The molecule has 168 valence electrons. The van der Waals surface area contributed by atoms with Crippen molar-refractivity contribution in [3.05, 3.63) is 29.8 Å². The van der Waals surface area contributed by atoms with Gasteiger partial charge in [-0.2, -0.15) is 17.5 Å². The highest BCUT2D eigenvalue weighted by atomic mass is 32.2. The number of amides is 1. The summed E-state index contributed by atoms with van der Waals surface area (Å²) in [6.07, 6.45) is -3.14. The first-order chi connectivity index (χ1) is 13.9. The van der Waals surface area contributed by atoms with Crippen LogP contribution in [0.2, 0.25) is 0 Å². The summed E-state index contributed by atoms with van der Waals surface area (Å²) >= 11 is 0. The predicted octanol–water partition coefficient (Wildman–Crippen LogP) is 3.05. The second-order valence-corrected chi connectivity index (χ2v) is 10.3. The lowest BCUT2D eigenvalue weighted by atomic mass is 9.97. The Morgan fingerprint density at radius 3 is 2.40 bits per heavy atom. The Hall–Kier alpha value is -1.65. The molecule has 2 fully saturated rings. The minimum absolute atomic E-state index is 0.0281. The third-order valence-electron chi connectivity index (χ3n) is 5.90. The van der Waals surface area contributed by atoms with E-state index in [1.54, 1.807) is 4.90 Å². The minimum Gasteiger partial charge on any atom is -0.323 e. The second kappa shape index (κ2) is 8.12. The number of carbonyl (C=O) groups is 1. The molecular formula is C20H28F3N3O3S. The summed E-state index contributed by atoms with van der Waals surface area (Å²) in [4.78, 5) is 14.2. The summed E-state index contributed by atoms with van der Waals surface area (Å²) in [5.74, 6) is 0.363. The fraction of sp³-hybridized carbons (Fsp3) is 0.650. The molecule has 0 saturated carbocycles. The number of nitrogens with zero attached hydrogens (tertiary/aromatic N) is 2. The molecule has 0 aliphatic carbocycles. The van der Waals surface area contributed by atoms with Gasteiger partial charge in [0.1, 0.15) is 0 Å². The molecule has 30 heavy (non-hydrogen) atoms. The SMILES string of the molecule is CCN1C(=O)C(CC(C)C)NC12CCN(S(=O)(=O)c1cccc(C(F)(F)F)c1)CC2. The number of likely N-dealkylation sites (N-methyl/N-ethyl adjacent to an activating group) is 1. The van der Waals surface area contributed by atoms with E-state index in [4.69, 9.17) is 0 Å². The smallest absolute Gasteiger partial charge is 0.323 e. The topological polar surface area (TPSA) is 69.7 Å². The number of rotatable bonds is 5. The van der Waals surface area contributed by atoms with Crippen LogP contribution in [-0.4, -0.2) is 54.9 Å². The monoisotopic (exact) mass is 447 g/mol. The Morgan fingerprint density at radius 1 is 1.23 bits per heavy atom. The van der Waals surface area contributed by atoms with Crippen LogP contribution in [0.5, 0.6) is 0 Å². The van der Waals surface area contributed by atoms with Crippen molar-refractivity contribution in [2.45, 2.75) is 62.8 Å². The normalized spacial score (nSPS) is 23.0. The standard InChI is InChI=1S/C20H28F3N3O3S/c1-4-26-18(27)17(12-14(2)3)24-19(26)8-10-25(11-9-19)30(28,29)16-7-5-6-15(13-16)20(21,22)23/h5-7,13-14,17,24H,4,8-12H2,1-3H3. The quantitative estimate of drug-likeness (QED) is 0.753. The zero-order valence-electron chi connectivity index (χ0n) is 17.4. The minimum atomic E-state index is -4.61. The number of hydrogen-bond acceptors (Lipinski definition) is 4. The number of halogens is 3. The Morgan fingerprint density at radius 2 is 1.87 bits per heavy atom. The van der Waals surface area contributed by atoms with Crippen LogP contribution in [0.1, 0.15) is 45.6 Å². The maximum absolute atomic E-state index is 13.0. The molecule has 0 aromatic heterocycles. The van der Waals surface area contributed by atoms with Crippen LogP contribution in [-0.2, 0) is 21.0 Å². The summed E-state index contributed by atoms with van der Waals surface area (Å²) in [7, 11) is -4.06. The average molecular weight is 448 g/mol. The highest BCUT2D eigenvalue weighted by Crippen LogP contribution is 2.36. The molecule has 2 saturated heterocycles. The average Bonchev–Trinajstić information content (AvgIpc) is 2.91. The molecule has 2 aliphatic heterocycles. The summed E-state index contributed by atoms with van der Waals surface area (Å²) in [6, 6.07) is 3.52. The van der Waals surface area contributed by atoms with Crippen LogP contribution in [0.4, 0.5) is 13.2 Å². The molecule has 2 heterocycles. The second-order valence-electron chi connectivity index (χ2n) is 8.37. The van der Waals surface area contributed by atoms with Crippen LogP contribution in [0.25, 0.3) is 0 Å². The third kappa shape index (κ3) is 4.22. The molecule has 1 spiro atoms. The van der Waals surface area contributed by atoms with E-state index in [0.29, 0.717) is 37.8 Å². The molecule has 1 unspecified atom stereocenters. The van der Waals surface area contributed by atoms with Crippen molar-refractivity contribution in [2.24, 2.45) is 5.92 Å². The van der Waals surface area contributed by atoms with Crippen LogP contribution in [0, 0.1) is 5.92 Å². The molecule has 1 atom stereocenters. The fourth-order valence-electron chi connectivity index (χ4n) is 4.45. The number of nitrogens with one attached hydrogen (secondary N) is 1. The molecule has 6 nitrogen and oxygen atoms in total. The maximum atomic E-state index is 13.0. The van der Waals surface area contributed by atoms with Crippen LogP contribution < -0.4 is 5.32 Å². The lowest BCUT2D eigenvalue weighted by molar-refractivity contribution is -0.137. The number of carbonyl (C=O) groups excluding carboxylic acids is 1. The summed E-state index contributed by atoms with van der Waals surface area (Å²) in [5, 5.41) is 3.44. The number of sulfonamides is 1. The van der Waals surface area contributed by atoms with E-state index in [1.165, 1.54) is 10.4 Å². The molecular weight excluding hydrogens is 419 g/mol. The van der Waals surface area contributed by atoms with Gasteiger partial charge in [-0.3, -0.25) is 10.1 Å². The van der Waals surface area contributed by atoms with Gasteiger partial charge >= 0.3 is 6.18 Å². The first-order valence-electron chi connectivity index (χ1n) is 10.2. The Kier molecular flexibility index (Phi) is 6.23. The molecule has 0 radical (unpaired) electrons. The number of piperidine rings is 1. The van der Waals surface area contributed by atoms with Gasteiger partial charge in [-0.15, -0.1) is 0 Å². The highest BCUT2D eigenvalue weighted by Gasteiger charge is 2.51. The van der Waals surface area contributed by atoms with E-state index >= 15 is 0 Å². The molecule has 10 heteroatoms. The molecule has 2 aliphatic rings. The number of hydrogen-bond donors (Lipinski definition) is 1. The zero-order valence-corrected chi connectivity index (χ0v) is 18.2. The van der Waals surface area contributed by atoms with E-state index in [2.05, 4.69) is 5.32 Å². The first-order valence-corrected chi connectivity index (χ1v) is 11.6. The van der Waals surface area contributed by atoms with Crippen molar-refractivity contribution in [1.29, 1.82) is 0 Å². The largest absolute Gasteiger partial charge is 0.416 e. The van der Waals surface area contributed by atoms with Crippen molar-refractivity contribution in [3.63, 3.8) is 0 Å². The van der Waals surface area contributed by atoms with Gasteiger partial charge in [0, 0.05) is 19.6 Å². The fourth-order valence-corrected chi connectivity index (χ4v) is 5.93. The number of alkyl halides is 3. The summed E-state index contributed by atoms with van der Waals surface area (Å²) in [6.45, 7) is 6.75. The molecule has 3 rings (SSSR count). The highest BCUT2D eigenvalue weighted by molar-refractivity contribution is 7.89. The summed E-state index contributed by atoms with van der Waals surface area (Å²) in [5.41, 5.74) is -1.60. The molecule has 0 bridgehead atoms. The van der Waals surface area contributed by atoms with Gasteiger partial charge in [-0.1, -0.05) is 19.9 Å². The van der Waals surface area contributed by atoms with Gasteiger partial charge in [-0.25, -0.2) is 8.42 Å². The molecule has 1 N–H and O–H groups in total. The van der Waals surface area contributed by atoms with Gasteiger partial charge in [0.15, 0.2) is 0 Å². The zero-order chi connectivity index (χ0) is 22.3. The molecule has 1 amide bonds. The van der Waals surface area contributed by atoms with Crippen LogP contribution in [0.3, 0.4) is 0 Å². The van der Waals surface area contributed by atoms with E-state index in [1.807, 2.05) is 20.8 Å². The molecule has 1 aromatic carbocycles. The van der Waals surface area contributed by atoms with Crippen molar-refractivity contribution < 1.29 is 26.4 Å². The van der Waals surface area contributed by atoms with Crippen molar-refractivity contribution in [1.82, 2.24) is 14.5 Å². The Labute approximate surface area is 175 Å². The number of benzene rings is 1. The van der Waals surface area contributed by atoms with Gasteiger partial charge < -0.3 is 4.90 Å². The lowest BCUT2D eigenvalue weighted by Gasteiger charge is -2.44. The van der Waals surface area contributed by atoms with Gasteiger partial charge in [0.2, 0.25) is 15.9 Å². The maximum Gasteiger partial charge on any atom is 0.416 e. The van der Waals surface area contributed by atoms with Gasteiger partial charge in [0.05, 0.1) is 22.2 Å². The molecule has 1 aromatic rings. The van der Waals surface area contributed by atoms with Crippen molar-refractivity contribution >= 4 is 15.9 Å². The Balaban J connectivity index is 1.78. The van der Waals surface area contributed by atoms with Crippen molar-refractivity contribution in [3.8, 4) is 0 Å². The third-order valence-corrected chi connectivity index (χ3v) is 7.79. The van der Waals surface area contributed by atoms with E-state index in [0.717, 1.165) is 12.1 Å². The summed E-state index contributed by atoms with van der Waals surface area (Å²) < 4.78 is 66.1. The van der Waals surface area contributed by atoms with E-state index in [9.17, 15) is 26.4 Å². The van der Waals surface area contributed by atoms with Gasteiger partial charge in [-0.05, 0) is 50.3 Å². The van der Waals surface area contributed by atoms with Crippen LogP contribution >= 0.6 is 0 Å². The Bertz CT molecular complexity index is 894. The van der Waals surface area contributed by atoms with Gasteiger partial charge in [0.25, 0.3) is 0 Å². The van der Waals surface area contributed by atoms with Crippen LogP contribution in [0.15, 0.2) is 29.2 Å².